The van der Waals surface area contributed by atoms with Crippen molar-refractivity contribution in [3.8, 4) is 0 Å². The second kappa shape index (κ2) is 4.06. The molecule has 1 rings (SSSR count). The fourth-order valence-corrected chi connectivity index (χ4v) is 1.22. The number of ether oxygens (including phenoxy) is 1. The van der Waals surface area contributed by atoms with Crippen LogP contribution >= 0.6 is 22.6 Å². The lowest BCUT2D eigenvalue weighted by atomic mass is 10.5. The summed E-state index contributed by atoms with van der Waals surface area (Å²) in [5, 5.41) is 4.28. The third-order valence-corrected chi connectivity index (χ3v) is 2.47. The zero-order chi connectivity index (χ0) is 8.27. The van der Waals surface area contributed by atoms with E-state index in [1.807, 2.05) is 17.8 Å². The van der Waals surface area contributed by atoms with E-state index in [1.165, 1.54) is 3.57 Å². The summed E-state index contributed by atoms with van der Waals surface area (Å²) >= 11 is 2.27. The lowest BCUT2D eigenvalue weighted by molar-refractivity contribution is 0.183. The van der Waals surface area contributed by atoms with Crippen LogP contribution in [0.3, 0.4) is 0 Å². The number of aromatic nitrogens is 2. The van der Waals surface area contributed by atoms with Crippen LogP contribution in [0.15, 0.2) is 6.20 Å². The van der Waals surface area contributed by atoms with E-state index in [-0.39, 0.29) is 0 Å². The Bertz CT molecular complexity index is 215. The van der Waals surface area contributed by atoms with Crippen LogP contribution in [0.5, 0.6) is 0 Å². The van der Waals surface area contributed by atoms with Crippen molar-refractivity contribution >= 4 is 22.6 Å². The van der Waals surface area contributed by atoms with Gasteiger partial charge in [0.2, 0.25) is 0 Å². The molecule has 0 aliphatic rings. The van der Waals surface area contributed by atoms with Gasteiger partial charge in [-0.15, -0.1) is 0 Å². The lowest BCUT2D eigenvalue weighted by Gasteiger charge is -1.97. The van der Waals surface area contributed by atoms with Crippen molar-refractivity contribution in [1.29, 1.82) is 0 Å². The maximum atomic E-state index is 4.93. The summed E-state index contributed by atoms with van der Waals surface area (Å²) in [6.07, 6.45) is 2.02. The number of nitrogens with zero attached hydrogens (tertiary/aromatic N) is 2. The van der Waals surface area contributed by atoms with Gasteiger partial charge >= 0.3 is 0 Å². The minimum Gasteiger partial charge on any atom is -0.383 e. The largest absolute Gasteiger partial charge is 0.383 e. The molecule has 0 unspecified atom stereocenters. The summed E-state index contributed by atoms with van der Waals surface area (Å²) in [5.41, 5.74) is 1.08. The van der Waals surface area contributed by atoms with Gasteiger partial charge < -0.3 is 4.74 Å². The summed E-state index contributed by atoms with van der Waals surface area (Å²) in [6, 6.07) is 0. The fourth-order valence-electron chi connectivity index (χ4n) is 0.793. The number of hydrogen-bond donors (Lipinski definition) is 0. The maximum Gasteiger partial charge on any atom is 0.0727 e. The van der Waals surface area contributed by atoms with Crippen molar-refractivity contribution in [2.75, 3.05) is 13.7 Å². The van der Waals surface area contributed by atoms with Gasteiger partial charge in [-0.1, -0.05) is 0 Å². The molecule has 0 radical (unpaired) electrons. The second-order valence-electron chi connectivity index (χ2n) is 2.32. The Morgan fingerprint density at radius 2 is 2.45 bits per heavy atom. The Morgan fingerprint density at radius 3 is 2.91 bits per heavy atom. The molecule has 0 aliphatic heterocycles. The SMILES string of the molecule is COCCn1cc(I)c(C)n1. The topological polar surface area (TPSA) is 27.1 Å². The molecule has 0 bridgehead atoms. The molecule has 3 nitrogen and oxygen atoms in total. The minimum absolute atomic E-state index is 0.719. The molecular weight excluding hydrogens is 255 g/mol. The zero-order valence-electron chi connectivity index (χ0n) is 6.67. The maximum absolute atomic E-state index is 4.93. The van der Waals surface area contributed by atoms with Crippen LogP contribution < -0.4 is 0 Å². The fraction of sp³-hybridized carbons (Fsp3) is 0.571. The third-order valence-electron chi connectivity index (χ3n) is 1.41. The predicted molar refractivity (Wildman–Crippen MR) is 51.6 cm³/mol. The summed E-state index contributed by atoms with van der Waals surface area (Å²) in [7, 11) is 1.70. The molecule has 0 atom stereocenters. The summed E-state index contributed by atoms with van der Waals surface area (Å²) in [6.45, 7) is 3.56. The van der Waals surface area contributed by atoms with E-state index in [4.69, 9.17) is 4.74 Å². The number of aryl methyl sites for hydroxylation is 1. The van der Waals surface area contributed by atoms with Crippen molar-refractivity contribution in [1.82, 2.24) is 9.78 Å². The van der Waals surface area contributed by atoms with E-state index >= 15 is 0 Å². The normalized spacial score (nSPS) is 10.5. The molecule has 1 aromatic rings. The molecule has 0 fully saturated rings. The lowest BCUT2D eigenvalue weighted by Crippen LogP contribution is -2.04. The van der Waals surface area contributed by atoms with Crippen LogP contribution in [-0.2, 0) is 11.3 Å². The first kappa shape index (κ1) is 8.99. The van der Waals surface area contributed by atoms with Gasteiger partial charge in [0.1, 0.15) is 0 Å². The number of halogens is 1. The first-order valence-electron chi connectivity index (χ1n) is 3.42. The molecule has 0 aromatic carbocycles. The zero-order valence-corrected chi connectivity index (χ0v) is 8.83. The Kier molecular flexibility index (Phi) is 3.32. The van der Waals surface area contributed by atoms with Crippen LogP contribution in [0, 0.1) is 10.5 Å². The number of hydrogen-bond acceptors (Lipinski definition) is 2. The van der Waals surface area contributed by atoms with Crippen LogP contribution in [0.2, 0.25) is 0 Å². The van der Waals surface area contributed by atoms with Gasteiger partial charge in [-0.3, -0.25) is 4.68 Å². The second-order valence-corrected chi connectivity index (χ2v) is 3.48. The summed E-state index contributed by atoms with van der Waals surface area (Å²) in [4.78, 5) is 0. The van der Waals surface area contributed by atoms with Crippen molar-refractivity contribution in [3.63, 3.8) is 0 Å². The van der Waals surface area contributed by atoms with Crippen molar-refractivity contribution < 1.29 is 4.74 Å². The average molecular weight is 266 g/mol. The Balaban J connectivity index is 2.58. The van der Waals surface area contributed by atoms with Crippen LogP contribution in [-0.4, -0.2) is 23.5 Å². The third kappa shape index (κ3) is 2.44. The van der Waals surface area contributed by atoms with E-state index in [0.29, 0.717) is 0 Å². The Morgan fingerprint density at radius 1 is 1.73 bits per heavy atom. The standard InChI is InChI=1S/C7H11IN2O/c1-6-7(8)5-10(9-6)3-4-11-2/h5H,3-4H2,1-2H3. The highest BCUT2D eigenvalue weighted by atomic mass is 127. The predicted octanol–water partition coefficient (Wildman–Crippen LogP) is 1.44. The highest BCUT2D eigenvalue weighted by Gasteiger charge is 1.99. The van der Waals surface area contributed by atoms with Gasteiger partial charge in [0.15, 0.2) is 0 Å². The molecule has 0 saturated heterocycles. The first-order valence-corrected chi connectivity index (χ1v) is 4.50. The molecule has 1 heterocycles. The van der Waals surface area contributed by atoms with Gasteiger partial charge in [-0.2, -0.15) is 5.10 Å². The van der Waals surface area contributed by atoms with Crippen LogP contribution in [0.25, 0.3) is 0 Å². The Labute approximate surface area is 79.9 Å². The van der Waals surface area contributed by atoms with Crippen molar-refractivity contribution in [2.24, 2.45) is 0 Å². The summed E-state index contributed by atoms with van der Waals surface area (Å²) in [5.74, 6) is 0. The molecule has 0 aliphatic carbocycles. The molecule has 4 heteroatoms. The van der Waals surface area contributed by atoms with Crippen molar-refractivity contribution in [3.05, 3.63) is 15.5 Å². The quantitative estimate of drug-likeness (QED) is 0.774. The molecule has 0 saturated carbocycles. The number of methoxy groups -OCH3 is 1. The monoisotopic (exact) mass is 266 g/mol. The van der Waals surface area contributed by atoms with Gasteiger partial charge in [0, 0.05) is 13.3 Å². The first-order chi connectivity index (χ1) is 5.24. The molecule has 62 valence electrons. The minimum atomic E-state index is 0.719. The van der Waals surface area contributed by atoms with Crippen molar-refractivity contribution in [2.45, 2.75) is 13.5 Å². The number of rotatable bonds is 3. The van der Waals surface area contributed by atoms with Gasteiger partial charge in [-0.05, 0) is 29.5 Å². The molecule has 1 aromatic heterocycles. The molecular formula is C7H11IN2O. The van der Waals surface area contributed by atoms with Gasteiger partial charge in [-0.25, -0.2) is 0 Å². The van der Waals surface area contributed by atoms with E-state index in [0.717, 1.165) is 18.8 Å². The van der Waals surface area contributed by atoms with Gasteiger partial charge in [0.25, 0.3) is 0 Å². The van der Waals surface area contributed by atoms with E-state index in [9.17, 15) is 0 Å². The van der Waals surface area contributed by atoms with Crippen LogP contribution in [0.1, 0.15) is 5.69 Å². The van der Waals surface area contributed by atoms with E-state index < -0.39 is 0 Å². The Hall–Kier alpha value is -0.100. The van der Waals surface area contributed by atoms with E-state index in [2.05, 4.69) is 27.7 Å². The van der Waals surface area contributed by atoms with Gasteiger partial charge in [0.05, 0.1) is 22.4 Å². The highest BCUT2D eigenvalue weighted by molar-refractivity contribution is 14.1. The van der Waals surface area contributed by atoms with E-state index in [1.54, 1.807) is 7.11 Å². The molecule has 11 heavy (non-hydrogen) atoms. The van der Waals surface area contributed by atoms with Crippen LogP contribution in [0.4, 0.5) is 0 Å². The molecule has 0 N–H and O–H groups in total. The highest BCUT2D eigenvalue weighted by Crippen LogP contribution is 2.07. The smallest absolute Gasteiger partial charge is 0.0727 e. The molecule has 0 spiro atoms. The average Bonchev–Trinajstić information content (AvgIpc) is 2.28. The summed E-state index contributed by atoms with van der Waals surface area (Å²) < 4.78 is 8.04. The molecule has 0 amide bonds.